The molecule has 0 unspecified atom stereocenters. The largest absolute Gasteiger partial charge is 0.481 e. The van der Waals surface area contributed by atoms with Gasteiger partial charge in [-0.05, 0) is 12.8 Å². The van der Waals surface area contributed by atoms with Crippen molar-refractivity contribution in [3.63, 3.8) is 0 Å². The van der Waals surface area contributed by atoms with E-state index in [1.165, 1.54) is 25.7 Å². The van der Waals surface area contributed by atoms with Crippen LogP contribution in [0.1, 0.15) is 32.1 Å². The zero-order valence-corrected chi connectivity index (χ0v) is 9.07. The standard InChI is InChI=1S/C11H19NO3/c13-10(14)3-6-12-7-8-15-9-11(12)4-1-2-5-11/h1-9H2,(H,13,14). The predicted octanol–water partition coefficient (Wildman–Crippen LogP) is 1.11. The second-order valence-electron chi connectivity index (χ2n) is 4.61. The van der Waals surface area contributed by atoms with Crippen molar-refractivity contribution in [2.75, 3.05) is 26.3 Å². The molecular weight excluding hydrogens is 194 g/mol. The van der Waals surface area contributed by atoms with Crippen molar-refractivity contribution in [2.24, 2.45) is 0 Å². The van der Waals surface area contributed by atoms with Gasteiger partial charge >= 0.3 is 5.97 Å². The van der Waals surface area contributed by atoms with Gasteiger partial charge in [0.15, 0.2) is 0 Å². The van der Waals surface area contributed by atoms with Crippen molar-refractivity contribution < 1.29 is 14.6 Å². The van der Waals surface area contributed by atoms with Crippen molar-refractivity contribution >= 4 is 5.97 Å². The van der Waals surface area contributed by atoms with Crippen LogP contribution in [0.15, 0.2) is 0 Å². The third-order valence-electron chi connectivity index (χ3n) is 3.68. The maximum atomic E-state index is 10.6. The summed E-state index contributed by atoms with van der Waals surface area (Å²) in [5.74, 6) is -0.699. The van der Waals surface area contributed by atoms with Gasteiger partial charge in [-0.1, -0.05) is 12.8 Å². The molecule has 1 saturated carbocycles. The summed E-state index contributed by atoms with van der Waals surface area (Å²) in [5, 5.41) is 8.72. The SMILES string of the molecule is O=C(O)CCN1CCOCC12CCCC2. The Kier molecular flexibility index (Phi) is 3.26. The Balaban J connectivity index is 1.96. The van der Waals surface area contributed by atoms with Gasteiger partial charge in [0, 0.05) is 18.6 Å². The lowest BCUT2D eigenvalue weighted by molar-refractivity contribution is -0.138. The molecule has 15 heavy (non-hydrogen) atoms. The summed E-state index contributed by atoms with van der Waals surface area (Å²) in [6.07, 6.45) is 5.11. The first-order chi connectivity index (χ1) is 7.23. The molecule has 86 valence electrons. The molecule has 0 atom stereocenters. The molecule has 1 aliphatic heterocycles. The van der Waals surface area contributed by atoms with Gasteiger partial charge < -0.3 is 9.84 Å². The Hall–Kier alpha value is -0.610. The van der Waals surface area contributed by atoms with Gasteiger partial charge in [0.25, 0.3) is 0 Å². The zero-order chi connectivity index (χ0) is 10.7. The van der Waals surface area contributed by atoms with Gasteiger partial charge in [-0.25, -0.2) is 0 Å². The maximum absolute atomic E-state index is 10.6. The predicted molar refractivity (Wildman–Crippen MR) is 55.8 cm³/mol. The minimum absolute atomic E-state index is 0.174. The molecule has 1 saturated heterocycles. The third-order valence-corrected chi connectivity index (χ3v) is 3.68. The van der Waals surface area contributed by atoms with Crippen molar-refractivity contribution in [3.05, 3.63) is 0 Å². The van der Waals surface area contributed by atoms with E-state index in [2.05, 4.69) is 4.90 Å². The summed E-state index contributed by atoms with van der Waals surface area (Å²) < 4.78 is 5.56. The van der Waals surface area contributed by atoms with E-state index in [1.54, 1.807) is 0 Å². The monoisotopic (exact) mass is 213 g/mol. The number of rotatable bonds is 3. The highest BCUT2D eigenvalue weighted by molar-refractivity contribution is 5.66. The number of aliphatic carboxylic acids is 1. The molecule has 0 amide bonds. The molecule has 0 aromatic rings. The second-order valence-corrected chi connectivity index (χ2v) is 4.61. The van der Waals surface area contributed by atoms with Gasteiger partial charge in [-0.2, -0.15) is 0 Å². The highest BCUT2D eigenvalue weighted by atomic mass is 16.5. The molecule has 1 aliphatic carbocycles. The molecule has 2 fully saturated rings. The van der Waals surface area contributed by atoms with Crippen LogP contribution >= 0.6 is 0 Å². The van der Waals surface area contributed by atoms with Gasteiger partial charge in [0.05, 0.1) is 19.6 Å². The van der Waals surface area contributed by atoms with Crippen molar-refractivity contribution in [3.8, 4) is 0 Å². The average molecular weight is 213 g/mol. The molecule has 1 heterocycles. The molecule has 0 aromatic heterocycles. The van der Waals surface area contributed by atoms with Crippen molar-refractivity contribution in [1.82, 2.24) is 4.90 Å². The quantitative estimate of drug-likeness (QED) is 0.763. The first-order valence-corrected chi connectivity index (χ1v) is 5.78. The molecule has 0 aromatic carbocycles. The number of morpholine rings is 1. The molecule has 0 radical (unpaired) electrons. The van der Waals surface area contributed by atoms with Crippen LogP contribution in [0.2, 0.25) is 0 Å². The first kappa shape index (κ1) is 10.9. The number of hydrogen-bond acceptors (Lipinski definition) is 3. The minimum Gasteiger partial charge on any atom is -0.481 e. The summed E-state index contributed by atoms with van der Waals surface area (Å²) >= 11 is 0. The maximum Gasteiger partial charge on any atom is 0.304 e. The molecule has 0 bridgehead atoms. The third kappa shape index (κ3) is 2.32. The average Bonchev–Trinajstić information content (AvgIpc) is 2.66. The van der Waals surface area contributed by atoms with Gasteiger partial charge in [-0.3, -0.25) is 9.69 Å². The van der Waals surface area contributed by atoms with E-state index in [0.717, 1.165) is 19.8 Å². The van der Waals surface area contributed by atoms with E-state index in [0.29, 0.717) is 6.54 Å². The minimum atomic E-state index is -0.699. The topological polar surface area (TPSA) is 49.8 Å². The van der Waals surface area contributed by atoms with Crippen LogP contribution in [-0.2, 0) is 9.53 Å². The summed E-state index contributed by atoms with van der Waals surface area (Å²) in [5.41, 5.74) is 0.174. The molecule has 4 heteroatoms. The van der Waals surface area contributed by atoms with Crippen LogP contribution in [0.3, 0.4) is 0 Å². The lowest BCUT2D eigenvalue weighted by Gasteiger charge is -2.44. The molecular formula is C11H19NO3. The van der Waals surface area contributed by atoms with E-state index in [1.807, 2.05) is 0 Å². The fourth-order valence-corrected chi connectivity index (χ4v) is 2.84. The van der Waals surface area contributed by atoms with E-state index in [-0.39, 0.29) is 12.0 Å². The number of hydrogen-bond donors (Lipinski definition) is 1. The van der Waals surface area contributed by atoms with Crippen LogP contribution in [-0.4, -0.2) is 47.8 Å². The Labute approximate surface area is 90.2 Å². The Morgan fingerprint density at radius 1 is 1.40 bits per heavy atom. The van der Waals surface area contributed by atoms with Gasteiger partial charge in [0.1, 0.15) is 0 Å². The Morgan fingerprint density at radius 3 is 2.80 bits per heavy atom. The van der Waals surface area contributed by atoms with Crippen LogP contribution in [0.4, 0.5) is 0 Å². The second kappa shape index (κ2) is 4.49. The number of nitrogens with zero attached hydrogens (tertiary/aromatic N) is 1. The van der Waals surface area contributed by atoms with Crippen LogP contribution in [0.5, 0.6) is 0 Å². The van der Waals surface area contributed by atoms with E-state index < -0.39 is 5.97 Å². The number of carboxylic acid groups (broad SMARTS) is 1. The lowest BCUT2D eigenvalue weighted by Crippen LogP contribution is -2.55. The number of carbonyl (C=O) groups is 1. The fraction of sp³-hybridized carbons (Fsp3) is 0.909. The molecule has 1 N–H and O–H groups in total. The van der Waals surface area contributed by atoms with Crippen molar-refractivity contribution in [2.45, 2.75) is 37.6 Å². The van der Waals surface area contributed by atoms with E-state index in [4.69, 9.17) is 9.84 Å². The van der Waals surface area contributed by atoms with Crippen LogP contribution in [0.25, 0.3) is 0 Å². The summed E-state index contributed by atoms with van der Waals surface area (Å²) in [7, 11) is 0. The lowest BCUT2D eigenvalue weighted by atomic mass is 9.94. The summed E-state index contributed by atoms with van der Waals surface area (Å²) in [4.78, 5) is 12.9. The van der Waals surface area contributed by atoms with Gasteiger partial charge in [-0.15, -0.1) is 0 Å². The van der Waals surface area contributed by atoms with E-state index >= 15 is 0 Å². The number of ether oxygens (including phenoxy) is 1. The summed E-state index contributed by atoms with van der Waals surface area (Å²) in [6, 6.07) is 0. The van der Waals surface area contributed by atoms with Crippen molar-refractivity contribution in [1.29, 1.82) is 0 Å². The van der Waals surface area contributed by atoms with Gasteiger partial charge in [0.2, 0.25) is 0 Å². The number of carboxylic acids is 1. The molecule has 4 nitrogen and oxygen atoms in total. The first-order valence-electron chi connectivity index (χ1n) is 5.78. The normalized spacial score (nSPS) is 25.9. The molecule has 1 spiro atoms. The molecule has 2 aliphatic rings. The van der Waals surface area contributed by atoms with Crippen LogP contribution in [0, 0.1) is 0 Å². The van der Waals surface area contributed by atoms with E-state index in [9.17, 15) is 4.79 Å². The zero-order valence-electron chi connectivity index (χ0n) is 9.07. The highest BCUT2D eigenvalue weighted by Crippen LogP contribution is 2.37. The Bertz CT molecular complexity index is 236. The molecule has 2 rings (SSSR count). The fourth-order valence-electron chi connectivity index (χ4n) is 2.84. The Morgan fingerprint density at radius 2 is 2.13 bits per heavy atom. The highest BCUT2D eigenvalue weighted by Gasteiger charge is 2.41. The smallest absolute Gasteiger partial charge is 0.304 e. The summed E-state index contributed by atoms with van der Waals surface area (Å²) in [6.45, 7) is 3.12. The van der Waals surface area contributed by atoms with Crippen LogP contribution < -0.4 is 0 Å².